The molecule has 0 aromatic heterocycles. The SMILES string of the molecule is N=C1NCCN1C(C(=O)O)C(=O)O. The maximum atomic E-state index is 10.5. The van der Waals surface area contributed by atoms with E-state index in [9.17, 15) is 9.59 Å². The van der Waals surface area contributed by atoms with Crippen LogP contribution >= 0.6 is 0 Å². The Kier molecular flexibility index (Phi) is 2.36. The molecular formula is C6H9N3O4. The van der Waals surface area contributed by atoms with Crippen molar-refractivity contribution >= 4 is 17.9 Å². The fraction of sp³-hybridized carbons (Fsp3) is 0.500. The molecule has 0 bridgehead atoms. The third kappa shape index (κ3) is 1.68. The summed E-state index contributed by atoms with van der Waals surface area (Å²) < 4.78 is 0. The van der Waals surface area contributed by atoms with Crippen LogP contribution in [0.2, 0.25) is 0 Å². The second-order valence-corrected chi connectivity index (χ2v) is 2.55. The second-order valence-electron chi connectivity index (χ2n) is 2.55. The van der Waals surface area contributed by atoms with Crippen molar-refractivity contribution in [1.29, 1.82) is 5.41 Å². The van der Waals surface area contributed by atoms with Crippen LogP contribution in [-0.2, 0) is 9.59 Å². The van der Waals surface area contributed by atoms with Crippen molar-refractivity contribution in [2.45, 2.75) is 6.04 Å². The van der Waals surface area contributed by atoms with Crippen molar-refractivity contribution in [3.8, 4) is 0 Å². The van der Waals surface area contributed by atoms with Gasteiger partial charge in [-0.05, 0) is 0 Å². The third-order valence-corrected chi connectivity index (χ3v) is 1.71. The highest BCUT2D eigenvalue weighted by molar-refractivity contribution is 6.01. The molecule has 0 saturated carbocycles. The molecule has 0 atom stereocenters. The minimum atomic E-state index is -1.66. The summed E-state index contributed by atoms with van der Waals surface area (Å²) in [5.41, 5.74) is 0. The molecule has 1 aliphatic rings. The Labute approximate surface area is 73.5 Å². The standard InChI is InChI=1S/C6H9N3O4/c7-6-8-1-2-9(6)3(4(10)11)5(12)13/h3H,1-2H2,(H2,7,8)(H,10,11)(H,12,13). The molecule has 4 N–H and O–H groups in total. The highest BCUT2D eigenvalue weighted by atomic mass is 16.4. The van der Waals surface area contributed by atoms with E-state index in [-0.39, 0.29) is 12.5 Å². The minimum absolute atomic E-state index is 0.158. The number of rotatable bonds is 3. The number of carboxylic acid groups (broad SMARTS) is 2. The zero-order valence-electron chi connectivity index (χ0n) is 6.65. The molecule has 7 heteroatoms. The predicted molar refractivity (Wildman–Crippen MR) is 41.5 cm³/mol. The molecule has 0 spiro atoms. The highest BCUT2D eigenvalue weighted by Crippen LogP contribution is 2.04. The van der Waals surface area contributed by atoms with E-state index in [0.29, 0.717) is 6.54 Å². The fourth-order valence-electron chi connectivity index (χ4n) is 1.14. The number of hydrogen-bond donors (Lipinski definition) is 4. The zero-order chi connectivity index (χ0) is 10.0. The number of carbonyl (C=O) groups is 2. The van der Waals surface area contributed by atoms with Gasteiger partial charge in [-0.2, -0.15) is 0 Å². The van der Waals surface area contributed by atoms with Crippen molar-refractivity contribution < 1.29 is 19.8 Å². The molecule has 1 aliphatic heterocycles. The number of nitrogens with one attached hydrogen (secondary N) is 2. The van der Waals surface area contributed by atoms with E-state index in [2.05, 4.69) is 5.32 Å². The summed E-state index contributed by atoms with van der Waals surface area (Å²) in [6.07, 6.45) is 0. The van der Waals surface area contributed by atoms with Crippen LogP contribution in [0.1, 0.15) is 0 Å². The van der Waals surface area contributed by atoms with Gasteiger partial charge in [0.15, 0.2) is 5.96 Å². The summed E-state index contributed by atoms with van der Waals surface area (Å²) >= 11 is 0. The van der Waals surface area contributed by atoms with Crippen molar-refractivity contribution in [1.82, 2.24) is 10.2 Å². The van der Waals surface area contributed by atoms with Gasteiger partial charge in [0.05, 0.1) is 0 Å². The summed E-state index contributed by atoms with van der Waals surface area (Å²) in [7, 11) is 0. The normalized spacial score (nSPS) is 16.1. The molecule has 13 heavy (non-hydrogen) atoms. The predicted octanol–water partition coefficient (Wildman–Crippen LogP) is -1.64. The maximum Gasteiger partial charge on any atom is 0.338 e. The maximum absolute atomic E-state index is 10.5. The van der Waals surface area contributed by atoms with Gasteiger partial charge >= 0.3 is 11.9 Å². The van der Waals surface area contributed by atoms with Gasteiger partial charge in [-0.25, -0.2) is 9.59 Å². The lowest BCUT2D eigenvalue weighted by atomic mass is 10.2. The van der Waals surface area contributed by atoms with Crippen LogP contribution in [0, 0.1) is 5.41 Å². The molecule has 1 saturated heterocycles. The van der Waals surface area contributed by atoms with Crippen LogP contribution in [0.3, 0.4) is 0 Å². The van der Waals surface area contributed by atoms with Crippen LogP contribution in [-0.4, -0.2) is 52.1 Å². The molecule has 7 nitrogen and oxygen atoms in total. The molecule has 0 radical (unpaired) electrons. The van der Waals surface area contributed by atoms with Crippen LogP contribution < -0.4 is 5.32 Å². The Morgan fingerprint density at radius 2 is 2.00 bits per heavy atom. The average molecular weight is 187 g/mol. The summed E-state index contributed by atoms with van der Waals surface area (Å²) in [4.78, 5) is 22.0. The Morgan fingerprint density at radius 3 is 2.31 bits per heavy atom. The van der Waals surface area contributed by atoms with Gasteiger partial charge in [0.1, 0.15) is 0 Å². The Balaban J connectivity index is 2.81. The third-order valence-electron chi connectivity index (χ3n) is 1.71. The average Bonchev–Trinajstić information content (AvgIpc) is 2.35. The quantitative estimate of drug-likeness (QED) is 0.394. The largest absolute Gasteiger partial charge is 0.479 e. The van der Waals surface area contributed by atoms with Crippen LogP contribution in [0.15, 0.2) is 0 Å². The van der Waals surface area contributed by atoms with E-state index >= 15 is 0 Å². The van der Waals surface area contributed by atoms with Gasteiger partial charge in [-0.3, -0.25) is 5.41 Å². The molecule has 0 amide bonds. The number of hydrogen-bond acceptors (Lipinski definition) is 3. The summed E-state index contributed by atoms with van der Waals surface area (Å²) in [6.45, 7) is 0.623. The van der Waals surface area contributed by atoms with Gasteiger partial charge in [0, 0.05) is 13.1 Å². The van der Waals surface area contributed by atoms with Gasteiger partial charge in [0.25, 0.3) is 0 Å². The van der Waals surface area contributed by atoms with E-state index in [1.807, 2.05) is 0 Å². The molecule has 0 aliphatic carbocycles. The first kappa shape index (κ1) is 9.30. The second kappa shape index (κ2) is 3.30. The number of guanidine groups is 1. The molecule has 0 unspecified atom stereocenters. The van der Waals surface area contributed by atoms with Crippen LogP contribution in [0.25, 0.3) is 0 Å². The minimum Gasteiger partial charge on any atom is -0.479 e. The van der Waals surface area contributed by atoms with Crippen molar-refractivity contribution in [2.75, 3.05) is 13.1 Å². The van der Waals surface area contributed by atoms with E-state index in [4.69, 9.17) is 15.6 Å². The topological polar surface area (TPSA) is 114 Å². The Bertz CT molecular complexity index is 251. The molecule has 0 aromatic rings. The molecule has 0 aromatic carbocycles. The Morgan fingerprint density at radius 1 is 1.46 bits per heavy atom. The van der Waals surface area contributed by atoms with Gasteiger partial charge < -0.3 is 20.4 Å². The number of carboxylic acids is 2. The van der Waals surface area contributed by atoms with Crippen LogP contribution in [0.4, 0.5) is 0 Å². The van der Waals surface area contributed by atoms with Crippen molar-refractivity contribution in [2.24, 2.45) is 0 Å². The fourth-order valence-corrected chi connectivity index (χ4v) is 1.14. The van der Waals surface area contributed by atoms with Gasteiger partial charge in [0.2, 0.25) is 6.04 Å². The summed E-state index contributed by atoms with van der Waals surface area (Å²) in [5, 5.41) is 26.9. The van der Waals surface area contributed by atoms with E-state index in [1.54, 1.807) is 0 Å². The highest BCUT2D eigenvalue weighted by Gasteiger charge is 2.36. The van der Waals surface area contributed by atoms with Crippen molar-refractivity contribution in [3.63, 3.8) is 0 Å². The lowest BCUT2D eigenvalue weighted by Gasteiger charge is -2.20. The lowest BCUT2D eigenvalue weighted by molar-refractivity contribution is -0.154. The molecule has 1 heterocycles. The first-order valence-corrected chi connectivity index (χ1v) is 3.58. The number of nitrogens with zero attached hydrogens (tertiary/aromatic N) is 1. The number of aliphatic carboxylic acids is 2. The first-order valence-electron chi connectivity index (χ1n) is 3.58. The van der Waals surface area contributed by atoms with Gasteiger partial charge in [-0.1, -0.05) is 0 Å². The monoisotopic (exact) mass is 187 g/mol. The first-order chi connectivity index (χ1) is 6.04. The smallest absolute Gasteiger partial charge is 0.338 e. The Hall–Kier alpha value is -1.79. The molecule has 1 fully saturated rings. The molecule has 72 valence electrons. The van der Waals surface area contributed by atoms with Gasteiger partial charge in [-0.15, -0.1) is 0 Å². The van der Waals surface area contributed by atoms with Crippen molar-refractivity contribution in [3.05, 3.63) is 0 Å². The summed E-state index contributed by atoms with van der Waals surface area (Å²) in [6, 6.07) is -1.66. The summed E-state index contributed by atoms with van der Waals surface area (Å²) in [5.74, 6) is -3.07. The van der Waals surface area contributed by atoms with Crippen LogP contribution in [0.5, 0.6) is 0 Å². The zero-order valence-corrected chi connectivity index (χ0v) is 6.65. The van der Waals surface area contributed by atoms with E-state index in [1.165, 1.54) is 0 Å². The lowest BCUT2D eigenvalue weighted by Crippen LogP contribution is -2.48. The molecule has 1 rings (SSSR count). The van der Waals surface area contributed by atoms with E-state index < -0.39 is 18.0 Å². The molecular weight excluding hydrogens is 178 g/mol. The van der Waals surface area contributed by atoms with E-state index in [0.717, 1.165) is 4.90 Å².